The maximum absolute atomic E-state index is 12.5. The number of hydrogen-bond donors (Lipinski definition) is 1. The summed E-state index contributed by atoms with van der Waals surface area (Å²) >= 11 is 7.51. The van der Waals surface area contributed by atoms with Crippen LogP contribution in [0.25, 0.3) is 6.08 Å². The molecule has 8 heteroatoms. The Hall–Kier alpha value is -2.90. The first-order chi connectivity index (χ1) is 14.9. The van der Waals surface area contributed by atoms with E-state index in [1.807, 2.05) is 48.5 Å². The SMILES string of the molecule is CC(C)CC1=NN2C(=N)/C(=C/c3ccc(OCc4ccccc4Cl)cc3)C(=O)N=C2S1. The van der Waals surface area contributed by atoms with Gasteiger partial charge in [0.1, 0.15) is 17.4 Å². The van der Waals surface area contributed by atoms with E-state index in [4.69, 9.17) is 21.7 Å². The molecular weight excluding hydrogens is 432 g/mol. The fraction of sp³-hybridized carbons (Fsp3) is 0.217. The van der Waals surface area contributed by atoms with Gasteiger partial charge in [0.15, 0.2) is 5.84 Å². The van der Waals surface area contributed by atoms with Gasteiger partial charge in [-0.3, -0.25) is 10.2 Å². The Morgan fingerprint density at radius 1 is 1.19 bits per heavy atom. The van der Waals surface area contributed by atoms with E-state index in [1.165, 1.54) is 16.8 Å². The number of nitrogens with zero attached hydrogens (tertiary/aromatic N) is 3. The number of thioether (sulfide) groups is 1. The maximum atomic E-state index is 12.5. The number of carbonyl (C=O) groups is 1. The summed E-state index contributed by atoms with van der Waals surface area (Å²) in [5.41, 5.74) is 1.89. The van der Waals surface area contributed by atoms with Crippen molar-refractivity contribution in [1.29, 1.82) is 5.41 Å². The molecule has 1 amide bonds. The number of hydrazone groups is 1. The van der Waals surface area contributed by atoms with E-state index >= 15 is 0 Å². The zero-order valence-electron chi connectivity index (χ0n) is 17.1. The summed E-state index contributed by atoms with van der Waals surface area (Å²) in [7, 11) is 0. The van der Waals surface area contributed by atoms with Crippen molar-refractivity contribution in [3.05, 3.63) is 70.3 Å². The van der Waals surface area contributed by atoms with E-state index in [0.717, 1.165) is 22.6 Å². The van der Waals surface area contributed by atoms with Crippen molar-refractivity contribution < 1.29 is 9.53 Å². The number of aliphatic imine (C=N–C) groups is 1. The predicted octanol–water partition coefficient (Wildman–Crippen LogP) is 5.58. The van der Waals surface area contributed by atoms with Crippen LogP contribution in [0.5, 0.6) is 5.75 Å². The molecule has 1 N–H and O–H groups in total. The number of halogens is 1. The lowest BCUT2D eigenvalue weighted by Crippen LogP contribution is -2.35. The molecule has 0 atom stereocenters. The number of amidine groups is 2. The zero-order valence-corrected chi connectivity index (χ0v) is 18.7. The van der Waals surface area contributed by atoms with Gasteiger partial charge < -0.3 is 4.74 Å². The molecule has 31 heavy (non-hydrogen) atoms. The minimum Gasteiger partial charge on any atom is -0.489 e. The molecule has 6 nitrogen and oxygen atoms in total. The second-order valence-corrected chi connectivity index (χ2v) is 9.01. The molecule has 0 aliphatic carbocycles. The van der Waals surface area contributed by atoms with Gasteiger partial charge in [-0.05, 0) is 47.5 Å². The Morgan fingerprint density at radius 3 is 2.65 bits per heavy atom. The van der Waals surface area contributed by atoms with Crippen molar-refractivity contribution in [3.63, 3.8) is 0 Å². The molecule has 2 aromatic rings. The number of amides is 1. The fourth-order valence-corrected chi connectivity index (χ4v) is 4.35. The normalized spacial score (nSPS) is 17.2. The van der Waals surface area contributed by atoms with Gasteiger partial charge in [-0.25, -0.2) is 0 Å². The van der Waals surface area contributed by atoms with Crippen LogP contribution >= 0.6 is 23.4 Å². The molecule has 0 spiro atoms. The van der Waals surface area contributed by atoms with Gasteiger partial charge in [0.2, 0.25) is 5.17 Å². The highest BCUT2D eigenvalue weighted by molar-refractivity contribution is 8.26. The van der Waals surface area contributed by atoms with Crippen LogP contribution in [-0.2, 0) is 11.4 Å². The molecule has 158 valence electrons. The second-order valence-electron chi connectivity index (χ2n) is 7.56. The van der Waals surface area contributed by atoms with Crippen molar-refractivity contribution in [1.82, 2.24) is 5.01 Å². The molecule has 2 heterocycles. The topological polar surface area (TPSA) is 78.1 Å². The van der Waals surface area contributed by atoms with Gasteiger partial charge >= 0.3 is 0 Å². The number of fused-ring (bicyclic) bond motifs is 1. The van der Waals surface area contributed by atoms with Crippen LogP contribution in [0.1, 0.15) is 31.4 Å². The standard InChI is InChI=1S/C23H21ClN4O2S/c1-14(2)11-20-27-28-21(25)18(22(29)26-23(28)31-20)12-15-7-9-17(10-8-15)30-13-16-5-3-4-6-19(16)24/h3-10,12,14,25H,11,13H2,1-2H3/b18-12-,25-21?. The number of benzene rings is 2. The zero-order chi connectivity index (χ0) is 22.0. The number of carbonyl (C=O) groups excluding carboxylic acids is 1. The maximum Gasteiger partial charge on any atom is 0.283 e. The molecule has 0 aromatic heterocycles. The highest BCUT2D eigenvalue weighted by Crippen LogP contribution is 2.30. The van der Waals surface area contributed by atoms with E-state index in [-0.39, 0.29) is 11.4 Å². The van der Waals surface area contributed by atoms with Gasteiger partial charge in [-0.1, -0.05) is 55.8 Å². The molecule has 0 saturated heterocycles. The van der Waals surface area contributed by atoms with Crippen LogP contribution in [0.15, 0.2) is 64.2 Å². The molecule has 0 unspecified atom stereocenters. The Morgan fingerprint density at radius 2 is 1.94 bits per heavy atom. The summed E-state index contributed by atoms with van der Waals surface area (Å²) in [6.07, 6.45) is 2.44. The van der Waals surface area contributed by atoms with Crippen LogP contribution in [0.4, 0.5) is 0 Å². The van der Waals surface area contributed by atoms with E-state index < -0.39 is 5.91 Å². The van der Waals surface area contributed by atoms with E-state index in [0.29, 0.717) is 28.5 Å². The lowest BCUT2D eigenvalue weighted by atomic mass is 10.1. The van der Waals surface area contributed by atoms with Gasteiger partial charge in [0, 0.05) is 17.0 Å². The third-order valence-electron chi connectivity index (χ3n) is 4.62. The van der Waals surface area contributed by atoms with Crippen LogP contribution < -0.4 is 4.74 Å². The summed E-state index contributed by atoms with van der Waals surface area (Å²) in [5.74, 6) is 0.738. The molecule has 2 aliphatic rings. The van der Waals surface area contributed by atoms with E-state index in [9.17, 15) is 4.79 Å². The molecule has 0 saturated carbocycles. The average Bonchev–Trinajstić information content (AvgIpc) is 3.13. The molecule has 2 aromatic carbocycles. The van der Waals surface area contributed by atoms with Crippen LogP contribution in [0.2, 0.25) is 5.02 Å². The minimum atomic E-state index is -0.427. The number of ether oxygens (including phenoxy) is 1. The first kappa shape index (κ1) is 21.3. The van der Waals surface area contributed by atoms with Crippen molar-refractivity contribution in [2.24, 2.45) is 16.0 Å². The lowest BCUT2D eigenvalue weighted by molar-refractivity contribution is -0.114. The fourth-order valence-electron chi connectivity index (χ4n) is 3.07. The van der Waals surface area contributed by atoms with E-state index in [1.54, 1.807) is 6.08 Å². The van der Waals surface area contributed by atoms with Crippen LogP contribution in [0, 0.1) is 11.3 Å². The highest BCUT2D eigenvalue weighted by Gasteiger charge is 2.35. The largest absolute Gasteiger partial charge is 0.489 e. The number of hydrogen-bond acceptors (Lipinski definition) is 5. The summed E-state index contributed by atoms with van der Waals surface area (Å²) in [5, 5.41) is 16.3. The molecular formula is C23H21ClN4O2S. The predicted molar refractivity (Wildman–Crippen MR) is 127 cm³/mol. The Labute approximate surface area is 190 Å². The molecule has 2 aliphatic heterocycles. The van der Waals surface area contributed by atoms with Crippen molar-refractivity contribution >= 4 is 51.4 Å². The molecule has 4 rings (SSSR count). The summed E-state index contributed by atoms with van der Waals surface area (Å²) in [4.78, 5) is 16.6. The van der Waals surface area contributed by atoms with Crippen LogP contribution in [-0.4, -0.2) is 27.0 Å². The van der Waals surface area contributed by atoms with Crippen molar-refractivity contribution in [2.45, 2.75) is 26.9 Å². The molecule has 0 fully saturated rings. The summed E-state index contributed by atoms with van der Waals surface area (Å²) in [6, 6.07) is 14.8. The van der Waals surface area contributed by atoms with E-state index in [2.05, 4.69) is 23.9 Å². The number of rotatable bonds is 6. The summed E-state index contributed by atoms with van der Waals surface area (Å²) < 4.78 is 5.80. The second kappa shape index (κ2) is 9.08. The van der Waals surface area contributed by atoms with Crippen LogP contribution in [0.3, 0.4) is 0 Å². The third kappa shape index (κ3) is 4.89. The monoisotopic (exact) mass is 452 g/mol. The summed E-state index contributed by atoms with van der Waals surface area (Å²) in [6.45, 7) is 4.57. The minimum absolute atomic E-state index is 0.0419. The van der Waals surface area contributed by atoms with Gasteiger partial charge in [-0.2, -0.15) is 15.1 Å². The lowest BCUT2D eigenvalue weighted by Gasteiger charge is -2.20. The molecule has 0 bridgehead atoms. The first-order valence-electron chi connectivity index (χ1n) is 9.86. The van der Waals surface area contributed by atoms with Crippen molar-refractivity contribution in [2.75, 3.05) is 0 Å². The Kier molecular flexibility index (Phi) is 6.25. The van der Waals surface area contributed by atoms with Gasteiger partial charge in [0.05, 0.1) is 5.57 Å². The highest BCUT2D eigenvalue weighted by atomic mass is 35.5. The smallest absolute Gasteiger partial charge is 0.283 e. The van der Waals surface area contributed by atoms with Gasteiger partial charge in [-0.15, -0.1) is 0 Å². The Balaban J connectivity index is 1.47. The van der Waals surface area contributed by atoms with Gasteiger partial charge in [0.25, 0.3) is 5.91 Å². The first-order valence-corrected chi connectivity index (χ1v) is 11.1. The Bertz CT molecular complexity index is 1120. The average molecular weight is 453 g/mol. The molecule has 0 radical (unpaired) electrons. The third-order valence-corrected chi connectivity index (χ3v) is 5.92. The van der Waals surface area contributed by atoms with Crippen molar-refractivity contribution in [3.8, 4) is 5.75 Å². The quantitative estimate of drug-likeness (QED) is 0.580. The number of nitrogens with one attached hydrogen (secondary N) is 1.